The predicted octanol–water partition coefficient (Wildman–Crippen LogP) is 0.489. The van der Waals surface area contributed by atoms with Crippen molar-refractivity contribution in [3.05, 3.63) is 0 Å². The summed E-state index contributed by atoms with van der Waals surface area (Å²) < 4.78 is 0. The molecule has 1 heterocycles. The number of nitrogens with two attached hydrogens (primary N) is 1. The third-order valence-electron chi connectivity index (χ3n) is 3.68. The Morgan fingerprint density at radius 2 is 1.89 bits per heavy atom. The standard InChI is InChI=1S/C13H25N3O2/c1-3-10(2)12(14)13(18)15-9-11(17)16-7-5-4-6-8-16/h10,12H,3-9,14H2,1-2H3,(H,15,18)/t10?,12-/m0/s1. The normalized spacial score (nSPS) is 19.2. The number of rotatable bonds is 5. The van der Waals surface area contributed by atoms with Crippen LogP contribution in [0.15, 0.2) is 0 Å². The van der Waals surface area contributed by atoms with Gasteiger partial charge in [0.1, 0.15) is 0 Å². The molecule has 0 aliphatic carbocycles. The van der Waals surface area contributed by atoms with Crippen molar-refractivity contribution in [2.24, 2.45) is 11.7 Å². The average molecular weight is 255 g/mol. The van der Waals surface area contributed by atoms with E-state index in [-0.39, 0.29) is 24.3 Å². The Labute approximate surface area is 109 Å². The van der Waals surface area contributed by atoms with Gasteiger partial charge in [-0.05, 0) is 25.2 Å². The lowest BCUT2D eigenvalue weighted by atomic mass is 9.99. The van der Waals surface area contributed by atoms with Crippen molar-refractivity contribution in [2.75, 3.05) is 19.6 Å². The van der Waals surface area contributed by atoms with E-state index < -0.39 is 6.04 Å². The van der Waals surface area contributed by atoms with Gasteiger partial charge in [0.2, 0.25) is 11.8 Å². The molecule has 0 radical (unpaired) electrons. The molecule has 0 aromatic rings. The predicted molar refractivity (Wildman–Crippen MR) is 70.9 cm³/mol. The summed E-state index contributed by atoms with van der Waals surface area (Å²) in [5, 5.41) is 2.64. The van der Waals surface area contributed by atoms with Crippen LogP contribution in [0, 0.1) is 5.92 Å². The van der Waals surface area contributed by atoms with E-state index in [9.17, 15) is 9.59 Å². The molecule has 1 fully saturated rings. The zero-order valence-corrected chi connectivity index (χ0v) is 11.4. The highest BCUT2D eigenvalue weighted by atomic mass is 16.2. The number of piperidine rings is 1. The van der Waals surface area contributed by atoms with Crippen LogP contribution in [0.25, 0.3) is 0 Å². The van der Waals surface area contributed by atoms with Gasteiger partial charge in [-0.1, -0.05) is 20.3 Å². The molecule has 18 heavy (non-hydrogen) atoms. The first-order chi connectivity index (χ1) is 8.56. The van der Waals surface area contributed by atoms with Crippen LogP contribution in [-0.4, -0.2) is 42.4 Å². The maximum absolute atomic E-state index is 11.8. The number of nitrogens with zero attached hydrogens (tertiary/aromatic N) is 1. The second-order valence-corrected chi connectivity index (χ2v) is 5.07. The smallest absolute Gasteiger partial charge is 0.241 e. The molecule has 1 unspecified atom stereocenters. The van der Waals surface area contributed by atoms with E-state index in [4.69, 9.17) is 5.73 Å². The minimum Gasteiger partial charge on any atom is -0.346 e. The molecule has 1 rings (SSSR count). The molecular weight excluding hydrogens is 230 g/mol. The summed E-state index contributed by atoms with van der Waals surface area (Å²) in [6.07, 6.45) is 4.17. The zero-order chi connectivity index (χ0) is 13.5. The third-order valence-corrected chi connectivity index (χ3v) is 3.68. The molecule has 3 N–H and O–H groups in total. The zero-order valence-electron chi connectivity index (χ0n) is 11.4. The minimum absolute atomic E-state index is 0.000554. The third kappa shape index (κ3) is 4.29. The van der Waals surface area contributed by atoms with Crippen LogP contribution in [0.3, 0.4) is 0 Å². The van der Waals surface area contributed by atoms with Crippen LogP contribution in [-0.2, 0) is 9.59 Å². The van der Waals surface area contributed by atoms with E-state index in [1.807, 2.05) is 18.7 Å². The molecule has 5 heteroatoms. The number of likely N-dealkylation sites (tertiary alicyclic amines) is 1. The fraction of sp³-hybridized carbons (Fsp3) is 0.846. The molecule has 0 aromatic carbocycles. The summed E-state index contributed by atoms with van der Waals surface area (Å²) in [7, 11) is 0. The first-order valence-electron chi connectivity index (χ1n) is 6.87. The van der Waals surface area contributed by atoms with E-state index in [1.165, 1.54) is 6.42 Å². The lowest BCUT2D eigenvalue weighted by Gasteiger charge is -2.27. The minimum atomic E-state index is -0.524. The van der Waals surface area contributed by atoms with Crippen LogP contribution < -0.4 is 11.1 Å². The second kappa shape index (κ2) is 7.36. The maximum atomic E-state index is 11.8. The van der Waals surface area contributed by atoms with Crippen molar-refractivity contribution in [1.82, 2.24) is 10.2 Å². The van der Waals surface area contributed by atoms with Crippen LogP contribution >= 0.6 is 0 Å². The molecule has 1 aliphatic rings. The number of carbonyl (C=O) groups is 2. The monoisotopic (exact) mass is 255 g/mol. The van der Waals surface area contributed by atoms with Gasteiger partial charge in [-0.3, -0.25) is 9.59 Å². The van der Waals surface area contributed by atoms with Gasteiger partial charge in [0.15, 0.2) is 0 Å². The van der Waals surface area contributed by atoms with Gasteiger partial charge < -0.3 is 16.0 Å². The van der Waals surface area contributed by atoms with Gasteiger partial charge in [-0.15, -0.1) is 0 Å². The molecule has 104 valence electrons. The second-order valence-electron chi connectivity index (χ2n) is 5.07. The van der Waals surface area contributed by atoms with E-state index in [1.54, 1.807) is 0 Å². The van der Waals surface area contributed by atoms with Gasteiger partial charge >= 0.3 is 0 Å². The molecule has 0 saturated carbocycles. The van der Waals surface area contributed by atoms with E-state index in [2.05, 4.69) is 5.32 Å². The van der Waals surface area contributed by atoms with Gasteiger partial charge in [0.05, 0.1) is 12.6 Å². The van der Waals surface area contributed by atoms with Crippen LogP contribution in [0.1, 0.15) is 39.5 Å². The van der Waals surface area contributed by atoms with E-state index >= 15 is 0 Å². The molecular formula is C13H25N3O2. The molecule has 1 aliphatic heterocycles. The highest BCUT2D eigenvalue weighted by Gasteiger charge is 2.21. The SMILES string of the molecule is CCC(C)[C@H](N)C(=O)NCC(=O)N1CCCCC1. The van der Waals surface area contributed by atoms with Crippen molar-refractivity contribution >= 4 is 11.8 Å². The molecule has 5 nitrogen and oxygen atoms in total. The lowest BCUT2D eigenvalue weighted by Crippen LogP contribution is -2.49. The maximum Gasteiger partial charge on any atom is 0.241 e. The van der Waals surface area contributed by atoms with E-state index in [0.717, 1.165) is 32.4 Å². The van der Waals surface area contributed by atoms with E-state index in [0.29, 0.717) is 0 Å². The van der Waals surface area contributed by atoms with Crippen molar-refractivity contribution in [2.45, 2.75) is 45.6 Å². The number of hydrogen-bond donors (Lipinski definition) is 2. The largest absolute Gasteiger partial charge is 0.346 e. The summed E-state index contributed by atoms with van der Waals surface area (Å²) in [6, 6.07) is -0.524. The molecule has 0 aromatic heterocycles. The fourth-order valence-electron chi connectivity index (χ4n) is 2.05. The Hall–Kier alpha value is -1.10. The number of amides is 2. The van der Waals surface area contributed by atoms with Gasteiger partial charge in [-0.25, -0.2) is 0 Å². The van der Waals surface area contributed by atoms with Crippen molar-refractivity contribution in [3.8, 4) is 0 Å². The number of nitrogens with one attached hydrogen (secondary N) is 1. The Morgan fingerprint density at radius 1 is 1.28 bits per heavy atom. The number of carbonyl (C=O) groups excluding carboxylic acids is 2. The first kappa shape index (κ1) is 15.0. The summed E-state index contributed by atoms with van der Waals surface area (Å²) in [5.41, 5.74) is 5.80. The molecule has 2 atom stereocenters. The molecule has 0 bridgehead atoms. The Morgan fingerprint density at radius 3 is 2.44 bits per heavy atom. The average Bonchev–Trinajstić information content (AvgIpc) is 2.43. The number of hydrogen-bond acceptors (Lipinski definition) is 3. The van der Waals surface area contributed by atoms with Crippen molar-refractivity contribution < 1.29 is 9.59 Å². The van der Waals surface area contributed by atoms with Crippen molar-refractivity contribution in [3.63, 3.8) is 0 Å². The fourth-order valence-corrected chi connectivity index (χ4v) is 2.05. The highest BCUT2D eigenvalue weighted by molar-refractivity contribution is 5.87. The van der Waals surface area contributed by atoms with Crippen molar-refractivity contribution in [1.29, 1.82) is 0 Å². The summed E-state index contributed by atoms with van der Waals surface area (Å²) >= 11 is 0. The first-order valence-corrected chi connectivity index (χ1v) is 6.87. The Balaban J connectivity index is 2.31. The van der Waals surface area contributed by atoms with Crippen LogP contribution in [0.4, 0.5) is 0 Å². The topological polar surface area (TPSA) is 75.4 Å². The summed E-state index contributed by atoms with van der Waals surface area (Å²) in [4.78, 5) is 25.4. The summed E-state index contributed by atoms with van der Waals surface area (Å²) in [5.74, 6) is -0.0933. The van der Waals surface area contributed by atoms with Crippen LogP contribution in [0.2, 0.25) is 0 Å². The van der Waals surface area contributed by atoms with Gasteiger partial charge in [0.25, 0.3) is 0 Å². The van der Waals surface area contributed by atoms with Gasteiger partial charge in [-0.2, -0.15) is 0 Å². The van der Waals surface area contributed by atoms with Crippen LogP contribution in [0.5, 0.6) is 0 Å². The molecule has 1 saturated heterocycles. The Kier molecular flexibility index (Phi) is 6.12. The molecule has 2 amide bonds. The summed E-state index contributed by atoms with van der Waals surface area (Å²) in [6.45, 7) is 5.63. The highest BCUT2D eigenvalue weighted by Crippen LogP contribution is 2.08. The van der Waals surface area contributed by atoms with Gasteiger partial charge in [0, 0.05) is 13.1 Å². The lowest BCUT2D eigenvalue weighted by molar-refractivity contribution is -0.134. The Bertz CT molecular complexity index is 274. The quantitative estimate of drug-likeness (QED) is 0.750. The molecule has 0 spiro atoms.